The third-order valence-corrected chi connectivity index (χ3v) is 5.70. The van der Waals surface area contributed by atoms with Gasteiger partial charge in [0.25, 0.3) is 10.1 Å². The number of benzene rings is 1. The molecule has 1 heterocycles. The summed E-state index contributed by atoms with van der Waals surface area (Å²) in [5, 5.41) is 0. The van der Waals surface area contributed by atoms with Crippen LogP contribution in [0.2, 0.25) is 0 Å². The van der Waals surface area contributed by atoms with Gasteiger partial charge in [-0.25, -0.2) is 9.18 Å². The van der Waals surface area contributed by atoms with E-state index >= 15 is 0 Å². The summed E-state index contributed by atoms with van der Waals surface area (Å²) in [6.45, 7) is 9.93. The Morgan fingerprint density at radius 3 is 2.45 bits per heavy atom. The number of hydrogen-bond acceptors (Lipinski definition) is 6. The van der Waals surface area contributed by atoms with Crippen LogP contribution in [0.1, 0.15) is 46.6 Å². The Bertz CT molecular complexity index is 816. The van der Waals surface area contributed by atoms with Crippen LogP contribution < -0.4 is 0 Å². The van der Waals surface area contributed by atoms with Gasteiger partial charge in [-0.2, -0.15) is 8.42 Å². The minimum atomic E-state index is -4.06. The Kier molecular flexibility index (Phi) is 6.97. The van der Waals surface area contributed by atoms with Gasteiger partial charge in [-0.3, -0.25) is 9.08 Å². The smallest absolute Gasteiger partial charge is 0.412 e. The molecule has 0 N–H and O–H groups in total. The van der Waals surface area contributed by atoms with Crippen molar-refractivity contribution in [2.45, 2.75) is 76.4 Å². The van der Waals surface area contributed by atoms with Gasteiger partial charge in [-0.1, -0.05) is 17.7 Å². The lowest BCUT2D eigenvalue weighted by Gasteiger charge is -2.35. The van der Waals surface area contributed by atoms with Gasteiger partial charge in [0.2, 0.25) is 0 Å². The first-order chi connectivity index (χ1) is 13.2. The minimum absolute atomic E-state index is 0.0315. The van der Waals surface area contributed by atoms with Gasteiger partial charge >= 0.3 is 6.09 Å². The second kappa shape index (κ2) is 8.57. The number of hydrogen-bond donors (Lipinski definition) is 0. The summed E-state index contributed by atoms with van der Waals surface area (Å²) in [4.78, 5) is 13.9. The Balaban J connectivity index is 2.00. The van der Waals surface area contributed by atoms with Crippen LogP contribution in [-0.4, -0.2) is 56.2 Å². The number of ether oxygens (including phenoxy) is 2. The molecule has 0 radical (unpaired) electrons. The fourth-order valence-electron chi connectivity index (χ4n) is 3.04. The minimum Gasteiger partial charge on any atom is -0.444 e. The standard InChI is InChI=1S/C20H30FNO6S/c1-14-7-9-17(10-8-14)29(24,25)27-12-15(21)11-16-13-26-20(5,6)22(16)18(23)28-19(2,3)4/h7-10,15-16H,11-13H2,1-6H3. The zero-order chi connectivity index (χ0) is 22.0. The highest BCUT2D eigenvalue weighted by Crippen LogP contribution is 2.32. The van der Waals surface area contributed by atoms with Crippen molar-refractivity contribution in [3.05, 3.63) is 29.8 Å². The molecule has 0 aliphatic carbocycles. The van der Waals surface area contributed by atoms with E-state index in [0.29, 0.717) is 0 Å². The van der Waals surface area contributed by atoms with Gasteiger partial charge in [0.1, 0.15) is 17.5 Å². The van der Waals surface area contributed by atoms with Crippen molar-refractivity contribution >= 4 is 16.2 Å². The summed E-state index contributed by atoms with van der Waals surface area (Å²) >= 11 is 0. The molecule has 1 aliphatic rings. The van der Waals surface area contributed by atoms with E-state index in [0.717, 1.165) is 5.56 Å². The molecule has 2 rings (SSSR count). The van der Waals surface area contributed by atoms with Gasteiger partial charge < -0.3 is 9.47 Å². The van der Waals surface area contributed by atoms with E-state index in [2.05, 4.69) is 0 Å². The SMILES string of the molecule is Cc1ccc(S(=O)(=O)OCC(F)CC2COC(C)(C)N2C(=O)OC(C)(C)C)cc1. The molecule has 7 nitrogen and oxygen atoms in total. The molecule has 1 fully saturated rings. The average Bonchev–Trinajstić information content (AvgIpc) is 2.86. The monoisotopic (exact) mass is 431 g/mol. The number of nitrogens with zero attached hydrogens (tertiary/aromatic N) is 1. The molecule has 164 valence electrons. The number of aryl methyl sites for hydroxylation is 1. The average molecular weight is 432 g/mol. The predicted molar refractivity (Wildman–Crippen MR) is 106 cm³/mol. The Labute approximate surface area is 172 Å². The number of carbonyl (C=O) groups excluding carboxylic acids is 1. The normalized spacial score (nSPS) is 20.5. The van der Waals surface area contributed by atoms with E-state index in [9.17, 15) is 17.6 Å². The van der Waals surface area contributed by atoms with Crippen LogP contribution in [0.15, 0.2) is 29.2 Å². The highest BCUT2D eigenvalue weighted by Gasteiger charge is 2.46. The van der Waals surface area contributed by atoms with E-state index in [-0.39, 0.29) is 17.9 Å². The van der Waals surface area contributed by atoms with Crippen molar-refractivity contribution in [1.82, 2.24) is 4.90 Å². The van der Waals surface area contributed by atoms with Crippen LogP contribution in [0.5, 0.6) is 0 Å². The topological polar surface area (TPSA) is 82.1 Å². The Hall–Kier alpha value is -1.71. The van der Waals surface area contributed by atoms with Crippen molar-refractivity contribution in [3.8, 4) is 0 Å². The number of rotatable bonds is 6. The summed E-state index contributed by atoms with van der Waals surface area (Å²) in [7, 11) is -4.06. The van der Waals surface area contributed by atoms with Crippen LogP contribution in [0.4, 0.5) is 9.18 Å². The summed E-state index contributed by atoms with van der Waals surface area (Å²) in [6.07, 6.45) is -2.35. The summed E-state index contributed by atoms with van der Waals surface area (Å²) in [5.41, 5.74) is -0.763. The molecule has 1 amide bonds. The first kappa shape index (κ1) is 23.6. The molecule has 9 heteroatoms. The van der Waals surface area contributed by atoms with E-state index in [1.54, 1.807) is 46.8 Å². The first-order valence-electron chi connectivity index (χ1n) is 9.48. The van der Waals surface area contributed by atoms with E-state index in [1.165, 1.54) is 17.0 Å². The van der Waals surface area contributed by atoms with Gasteiger partial charge in [-0.15, -0.1) is 0 Å². The molecule has 1 aliphatic heterocycles. The fraction of sp³-hybridized carbons (Fsp3) is 0.650. The van der Waals surface area contributed by atoms with Crippen molar-refractivity contribution in [2.24, 2.45) is 0 Å². The number of amides is 1. The second-order valence-corrected chi connectivity index (χ2v) is 10.3. The third kappa shape index (κ3) is 6.38. The van der Waals surface area contributed by atoms with Crippen LogP contribution in [0.3, 0.4) is 0 Å². The molecular formula is C20H30FNO6S. The van der Waals surface area contributed by atoms with Gasteiger partial charge in [0.15, 0.2) is 0 Å². The lowest BCUT2D eigenvalue weighted by molar-refractivity contribution is -0.0634. The highest BCUT2D eigenvalue weighted by atomic mass is 32.2. The van der Waals surface area contributed by atoms with E-state index in [1.807, 2.05) is 6.92 Å². The molecule has 29 heavy (non-hydrogen) atoms. The maximum absolute atomic E-state index is 14.6. The number of halogens is 1. The lowest BCUT2D eigenvalue weighted by Crippen LogP contribution is -2.50. The predicted octanol–water partition coefficient (Wildman–Crippen LogP) is 3.80. The summed E-state index contributed by atoms with van der Waals surface area (Å²) in [6, 6.07) is 5.51. The van der Waals surface area contributed by atoms with Crippen molar-refractivity contribution in [1.29, 1.82) is 0 Å². The van der Waals surface area contributed by atoms with Crippen LogP contribution in [0, 0.1) is 6.92 Å². The third-order valence-electron chi connectivity index (χ3n) is 4.41. The molecular weight excluding hydrogens is 401 g/mol. The first-order valence-corrected chi connectivity index (χ1v) is 10.9. The van der Waals surface area contributed by atoms with Crippen molar-refractivity contribution < 1.29 is 31.3 Å². The molecule has 0 bridgehead atoms. The quantitative estimate of drug-likeness (QED) is 0.637. The molecule has 2 atom stereocenters. The summed E-state index contributed by atoms with van der Waals surface area (Å²) in [5.74, 6) is 0. The number of alkyl halides is 1. The molecule has 0 saturated carbocycles. The van der Waals surface area contributed by atoms with Crippen LogP contribution in [0.25, 0.3) is 0 Å². The van der Waals surface area contributed by atoms with Crippen LogP contribution >= 0.6 is 0 Å². The maximum atomic E-state index is 14.6. The number of carbonyl (C=O) groups is 1. The second-order valence-electron chi connectivity index (χ2n) is 8.65. The molecule has 1 aromatic carbocycles. The van der Waals surface area contributed by atoms with Crippen LogP contribution in [-0.2, 0) is 23.8 Å². The van der Waals surface area contributed by atoms with E-state index < -0.39 is 46.4 Å². The van der Waals surface area contributed by atoms with Crippen molar-refractivity contribution in [2.75, 3.05) is 13.2 Å². The molecule has 0 aromatic heterocycles. The van der Waals surface area contributed by atoms with Gasteiger partial charge in [-0.05, 0) is 53.7 Å². The summed E-state index contributed by atoms with van der Waals surface area (Å²) < 4.78 is 54.9. The highest BCUT2D eigenvalue weighted by molar-refractivity contribution is 7.86. The Morgan fingerprint density at radius 2 is 1.90 bits per heavy atom. The largest absolute Gasteiger partial charge is 0.444 e. The molecule has 1 aromatic rings. The van der Waals surface area contributed by atoms with Crippen molar-refractivity contribution in [3.63, 3.8) is 0 Å². The fourth-order valence-corrected chi connectivity index (χ4v) is 3.97. The van der Waals surface area contributed by atoms with Gasteiger partial charge in [0, 0.05) is 6.42 Å². The maximum Gasteiger partial charge on any atom is 0.412 e. The molecule has 0 spiro atoms. The molecule has 2 unspecified atom stereocenters. The Morgan fingerprint density at radius 1 is 1.31 bits per heavy atom. The molecule has 1 saturated heterocycles. The van der Waals surface area contributed by atoms with Gasteiger partial charge in [0.05, 0.1) is 24.2 Å². The van der Waals surface area contributed by atoms with E-state index in [4.69, 9.17) is 13.7 Å². The lowest BCUT2D eigenvalue weighted by atomic mass is 10.1. The zero-order valence-electron chi connectivity index (χ0n) is 17.8. The zero-order valence-corrected chi connectivity index (χ0v) is 18.6.